The summed E-state index contributed by atoms with van der Waals surface area (Å²) in [6, 6.07) is 7.36. The summed E-state index contributed by atoms with van der Waals surface area (Å²) in [5.41, 5.74) is 0.557. The van der Waals surface area contributed by atoms with Crippen LogP contribution in [-0.2, 0) is 11.3 Å². The minimum atomic E-state index is -0.126. The van der Waals surface area contributed by atoms with Gasteiger partial charge in [-0.05, 0) is 31.4 Å². The van der Waals surface area contributed by atoms with Crippen LogP contribution in [0, 0.1) is 5.92 Å². The van der Waals surface area contributed by atoms with Gasteiger partial charge in [-0.2, -0.15) is 5.10 Å². The van der Waals surface area contributed by atoms with Crippen molar-refractivity contribution in [2.75, 3.05) is 0 Å². The fourth-order valence-electron chi connectivity index (χ4n) is 2.65. The Morgan fingerprint density at radius 1 is 1.22 bits per heavy atom. The van der Waals surface area contributed by atoms with Crippen molar-refractivity contribution in [3.05, 3.63) is 40.7 Å². The smallest absolute Gasteiger partial charge is 0.241 e. The van der Waals surface area contributed by atoms with Crippen LogP contribution < -0.4 is 10.7 Å². The lowest BCUT2D eigenvalue weighted by molar-refractivity contribution is -0.122. The normalized spacial score (nSPS) is 12.5. The topological polar surface area (TPSA) is 64.0 Å². The Morgan fingerprint density at radius 2 is 1.96 bits per heavy atom. The molecule has 124 valence electrons. The first-order valence-electron chi connectivity index (χ1n) is 8.21. The van der Waals surface area contributed by atoms with Crippen LogP contribution in [0.15, 0.2) is 35.3 Å². The first-order valence-corrected chi connectivity index (χ1v) is 8.21. The second-order valence-electron chi connectivity index (χ2n) is 6.48. The third-order valence-electron chi connectivity index (χ3n) is 3.88. The number of amides is 1. The summed E-state index contributed by atoms with van der Waals surface area (Å²) in [7, 11) is 0. The van der Waals surface area contributed by atoms with Gasteiger partial charge in [0.2, 0.25) is 11.3 Å². The molecular formula is C18H25N3O2. The molecule has 0 saturated carbocycles. The highest BCUT2D eigenvalue weighted by Gasteiger charge is 2.11. The van der Waals surface area contributed by atoms with E-state index < -0.39 is 0 Å². The minimum absolute atomic E-state index is 0.0802. The van der Waals surface area contributed by atoms with Crippen LogP contribution in [0.3, 0.4) is 0 Å². The first-order chi connectivity index (χ1) is 11.0. The highest BCUT2D eigenvalue weighted by molar-refractivity contribution is 5.81. The standard InChI is InChI=1S/C18H25N3O2/c1-13(2)7-6-8-14(3)20-18(23)12-21-16-10-5-4-9-15(16)17(22)11-19-21/h4-5,9-11,13-14H,6-8,12H2,1-3H3,(H,20,23)/t14-/m1/s1. The molecule has 1 aromatic heterocycles. The number of nitrogens with one attached hydrogen (secondary N) is 1. The van der Waals surface area contributed by atoms with Gasteiger partial charge < -0.3 is 5.32 Å². The number of nitrogens with zero attached hydrogens (tertiary/aromatic N) is 2. The molecule has 1 heterocycles. The van der Waals surface area contributed by atoms with Crippen molar-refractivity contribution in [3.8, 4) is 0 Å². The van der Waals surface area contributed by atoms with Crippen molar-refractivity contribution in [1.29, 1.82) is 0 Å². The largest absolute Gasteiger partial charge is 0.352 e. The van der Waals surface area contributed by atoms with Gasteiger partial charge in [0, 0.05) is 11.4 Å². The number of carbonyl (C=O) groups is 1. The highest BCUT2D eigenvalue weighted by atomic mass is 16.2. The number of fused-ring (bicyclic) bond motifs is 1. The Morgan fingerprint density at radius 3 is 2.70 bits per heavy atom. The van der Waals surface area contributed by atoms with Crippen LogP contribution in [0.1, 0.15) is 40.0 Å². The molecule has 5 heteroatoms. The molecule has 0 bridgehead atoms. The van der Waals surface area contributed by atoms with Crippen LogP contribution >= 0.6 is 0 Å². The molecule has 0 unspecified atom stereocenters. The van der Waals surface area contributed by atoms with Gasteiger partial charge in [-0.1, -0.05) is 38.8 Å². The lowest BCUT2D eigenvalue weighted by Gasteiger charge is -2.15. The molecule has 0 aliphatic rings. The van der Waals surface area contributed by atoms with Crippen LogP contribution in [-0.4, -0.2) is 21.7 Å². The molecule has 1 aromatic carbocycles. The Balaban J connectivity index is 1.98. The van der Waals surface area contributed by atoms with E-state index in [1.807, 2.05) is 25.1 Å². The molecule has 23 heavy (non-hydrogen) atoms. The van der Waals surface area contributed by atoms with Crippen molar-refractivity contribution >= 4 is 16.8 Å². The summed E-state index contributed by atoms with van der Waals surface area (Å²) in [6.07, 6.45) is 4.52. The predicted octanol–water partition coefficient (Wildman–Crippen LogP) is 2.73. The van der Waals surface area contributed by atoms with Crippen molar-refractivity contribution in [3.63, 3.8) is 0 Å². The molecule has 0 fully saturated rings. The van der Waals surface area contributed by atoms with Gasteiger partial charge in [0.25, 0.3) is 0 Å². The number of hydrogen-bond acceptors (Lipinski definition) is 3. The summed E-state index contributed by atoms with van der Waals surface area (Å²) < 4.78 is 1.58. The number of carbonyl (C=O) groups excluding carboxylic acids is 1. The van der Waals surface area contributed by atoms with E-state index in [4.69, 9.17) is 0 Å². The van der Waals surface area contributed by atoms with E-state index in [-0.39, 0.29) is 23.9 Å². The Bertz CT molecular complexity index is 722. The van der Waals surface area contributed by atoms with Gasteiger partial charge in [-0.3, -0.25) is 14.3 Å². The summed E-state index contributed by atoms with van der Waals surface area (Å²) in [6.45, 7) is 6.55. The molecule has 1 atom stereocenters. The van der Waals surface area contributed by atoms with Crippen LogP contribution in [0.2, 0.25) is 0 Å². The average Bonchev–Trinajstić information content (AvgIpc) is 2.50. The maximum Gasteiger partial charge on any atom is 0.241 e. The average molecular weight is 315 g/mol. The molecule has 1 N–H and O–H groups in total. The molecular weight excluding hydrogens is 290 g/mol. The van der Waals surface area contributed by atoms with Gasteiger partial charge in [-0.25, -0.2) is 0 Å². The predicted molar refractivity (Wildman–Crippen MR) is 92.3 cm³/mol. The monoisotopic (exact) mass is 315 g/mol. The van der Waals surface area contributed by atoms with E-state index in [0.29, 0.717) is 16.8 Å². The molecule has 0 spiro atoms. The maximum atomic E-state index is 12.2. The van der Waals surface area contributed by atoms with Crippen molar-refractivity contribution in [2.24, 2.45) is 5.92 Å². The lowest BCUT2D eigenvalue weighted by Crippen LogP contribution is -2.35. The highest BCUT2D eigenvalue weighted by Crippen LogP contribution is 2.09. The molecule has 2 aromatic rings. The molecule has 2 rings (SSSR count). The molecule has 5 nitrogen and oxygen atoms in total. The van der Waals surface area contributed by atoms with E-state index in [2.05, 4.69) is 24.3 Å². The van der Waals surface area contributed by atoms with E-state index in [1.165, 1.54) is 12.6 Å². The number of aromatic nitrogens is 2. The second kappa shape index (κ2) is 7.90. The molecule has 0 saturated heterocycles. The first kappa shape index (κ1) is 17.2. The molecule has 0 radical (unpaired) electrons. The summed E-state index contributed by atoms with van der Waals surface area (Å²) in [4.78, 5) is 24.0. The summed E-state index contributed by atoms with van der Waals surface area (Å²) >= 11 is 0. The van der Waals surface area contributed by atoms with Gasteiger partial charge in [0.05, 0.1) is 11.7 Å². The summed E-state index contributed by atoms with van der Waals surface area (Å²) in [5, 5.41) is 7.67. The third-order valence-corrected chi connectivity index (χ3v) is 3.88. The van der Waals surface area contributed by atoms with Crippen LogP contribution in [0.5, 0.6) is 0 Å². The minimum Gasteiger partial charge on any atom is -0.352 e. The van der Waals surface area contributed by atoms with Crippen molar-refractivity contribution in [1.82, 2.24) is 15.1 Å². The number of para-hydroxylation sites is 1. The quantitative estimate of drug-likeness (QED) is 0.854. The van der Waals surface area contributed by atoms with Crippen LogP contribution in [0.4, 0.5) is 0 Å². The van der Waals surface area contributed by atoms with E-state index in [1.54, 1.807) is 10.7 Å². The SMILES string of the molecule is CC(C)CCC[C@@H](C)NC(=O)Cn1ncc(=O)c2ccccc21. The Hall–Kier alpha value is -2.17. The Labute approximate surface area is 136 Å². The van der Waals surface area contributed by atoms with Gasteiger partial charge in [-0.15, -0.1) is 0 Å². The fourth-order valence-corrected chi connectivity index (χ4v) is 2.65. The van der Waals surface area contributed by atoms with Gasteiger partial charge in [0.1, 0.15) is 6.54 Å². The Kier molecular flexibility index (Phi) is 5.90. The van der Waals surface area contributed by atoms with Crippen molar-refractivity contribution in [2.45, 2.75) is 52.6 Å². The van der Waals surface area contributed by atoms with E-state index in [9.17, 15) is 9.59 Å². The number of rotatable bonds is 7. The molecule has 0 aliphatic heterocycles. The number of benzene rings is 1. The molecule has 1 amide bonds. The lowest BCUT2D eigenvalue weighted by atomic mass is 10.0. The fraction of sp³-hybridized carbons (Fsp3) is 0.500. The van der Waals surface area contributed by atoms with Gasteiger partial charge >= 0.3 is 0 Å². The van der Waals surface area contributed by atoms with Crippen LogP contribution in [0.25, 0.3) is 10.9 Å². The van der Waals surface area contributed by atoms with E-state index >= 15 is 0 Å². The second-order valence-corrected chi connectivity index (χ2v) is 6.48. The third kappa shape index (κ3) is 4.91. The zero-order valence-electron chi connectivity index (χ0n) is 14.1. The maximum absolute atomic E-state index is 12.2. The van der Waals surface area contributed by atoms with E-state index in [0.717, 1.165) is 12.8 Å². The zero-order valence-corrected chi connectivity index (χ0v) is 14.1. The molecule has 0 aliphatic carbocycles. The summed E-state index contributed by atoms with van der Waals surface area (Å²) in [5.74, 6) is 0.609. The van der Waals surface area contributed by atoms with Crippen molar-refractivity contribution < 1.29 is 4.79 Å². The zero-order chi connectivity index (χ0) is 16.8. The number of hydrogen-bond donors (Lipinski definition) is 1. The van der Waals surface area contributed by atoms with Gasteiger partial charge in [0.15, 0.2) is 0 Å².